The smallest absolute Gasteiger partial charge is 0.138 e. The average Bonchev–Trinajstić information content (AvgIpc) is 2.41. The molecule has 19 heavy (non-hydrogen) atoms. The molecule has 100 valence electrons. The molecule has 0 aliphatic carbocycles. The molecule has 1 atom stereocenters. The van der Waals surface area contributed by atoms with Gasteiger partial charge in [-0.25, -0.2) is 4.39 Å². The van der Waals surface area contributed by atoms with Gasteiger partial charge in [0.25, 0.3) is 0 Å². The van der Waals surface area contributed by atoms with Crippen molar-refractivity contribution in [3.8, 4) is 6.07 Å². The predicted molar refractivity (Wildman–Crippen MR) is 69.8 cm³/mol. The highest BCUT2D eigenvalue weighted by Crippen LogP contribution is 2.20. The fourth-order valence-corrected chi connectivity index (χ4v) is 2.52. The Bertz CT molecular complexity index is 521. The fraction of sp³-hybridized carbons (Fsp3) is 0.467. The molecule has 0 radical (unpaired) electrons. The minimum absolute atomic E-state index is 0.0767. The number of rotatable bonds is 3. The van der Waals surface area contributed by atoms with Crippen molar-refractivity contribution in [1.82, 2.24) is 4.90 Å². The second kappa shape index (κ2) is 5.94. The molecule has 1 aliphatic rings. The Hall–Kier alpha value is -1.73. The van der Waals surface area contributed by atoms with E-state index in [0.717, 1.165) is 6.42 Å². The fourth-order valence-electron chi connectivity index (χ4n) is 2.52. The van der Waals surface area contributed by atoms with Crippen molar-refractivity contribution in [2.75, 3.05) is 13.1 Å². The van der Waals surface area contributed by atoms with Gasteiger partial charge in [-0.3, -0.25) is 9.69 Å². The van der Waals surface area contributed by atoms with Gasteiger partial charge in [-0.1, -0.05) is 6.92 Å². The van der Waals surface area contributed by atoms with E-state index in [-0.39, 0.29) is 11.7 Å². The minimum atomic E-state index is -0.325. The predicted octanol–water partition coefficient (Wildman–Crippen LogP) is 2.50. The van der Waals surface area contributed by atoms with Crippen molar-refractivity contribution in [2.45, 2.75) is 26.3 Å². The summed E-state index contributed by atoms with van der Waals surface area (Å²) in [5.41, 5.74) is 1.21. The SMILES string of the molecule is CCC1CN(Cc2cc(F)ccc2C#N)CCC1=O. The molecule has 1 heterocycles. The second-order valence-corrected chi connectivity index (χ2v) is 4.97. The van der Waals surface area contributed by atoms with Gasteiger partial charge in [0.2, 0.25) is 0 Å². The number of likely N-dealkylation sites (tertiary alicyclic amines) is 1. The lowest BCUT2D eigenvalue weighted by molar-refractivity contribution is -0.126. The molecule has 1 saturated heterocycles. The summed E-state index contributed by atoms with van der Waals surface area (Å²) in [6, 6.07) is 6.31. The zero-order valence-electron chi connectivity index (χ0n) is 11.0. The number of hydrogen-bond acceptors (Lipinski definition) is 3. The molecular weight excluding hydrogens is 243 g/mol. The van der Waals surface area contributed by atoms with E-state index in [1.165, 1.54) is 18.2 Å². The van der Waals surface area contributed by atoms with Gasteiger partial charge >= 0.3 is 0 Å². The summed E-state index contributed by atoms with van der Waals surface area (Å²) in [6.07, 6.45) is 1.39. The molecule has 0 amide bonds. The second-order valence-electron chi connectivity index (χ2n) is 4.97. The molecule has 0 N–H and O–H groups in total. The molecular formula is C15H17FN2O. The molecule has 1 aliphatic heterocycles. The van der Waals surface area contributed by atoms with Gasteiger partial charge in [-0.05, 0) is 30.2 Å². The zero-order chi connectivity index (χ0) is 13.8. The van der Waals surface area contributed by atoms with Gasteiger partial charge in [-0.2, -0.15) is 5.26 Å². The van der Waals surface area contributed by atoms with Crippen molar-refractivity contribution in [3.05, 3.63) is 35.1 Å². The van der Waals surface area contributed by atoms with Crippen molar-refractivity contribution in [2.24, 2.45) is 5.92 Å². The Kier molecular flexibility index (Phi) is 4.28. The Morgan fingerprint density at radius 3 is 3.00 bits per heavy atom. The third-order valence-corrected chi connectivity index (χ3v) is 3.68. The number of piperidine rings is 1. The van der Waals surface area contributed by atoms with Crippen LogP contribution in [0.4, 0.5) is 4.39 Å². The maximum Gasteiger partial charge on any atom is 0.138 e. The molecule has 0 aromatic heterocycles. The number of carbonyl (C=O) groups excluding carboxylic acids is 1. The highest BCUT2D eigenvalue weighted by atomic mass is 19.1. The summed E-state index contributed by atoms with van der Waals surface area (Å²) < 4.78 is 13.3. The molecule has 4 heteroatoms. The van der Waals surface area contributed by atoms with E-state index in [1.807, 2.05) is 6.92 Å². The summed E-state index contributed by atoms with van der Waals surface area (Å²) in [5.74, 6) is 0.0699. The summed E-state index contributed by atoms with van der Waals surface area (Å²) in [5, 5.41) is 9.03. The first kappa shape index (κ1) is 13.7. The van der Waals surface area contributed by atoms with Crippen molar-refractivity contribution >= 4 is 5.78 Å². The first-order valence-electron chi connectivity index (χ1n) is 6.57. The van der Waals surface area contributed by atoms with E-state index in [0.29, 0.717) is 43.0 Å². The first-order chi connectivity index (χ1) is 9.13. The molecule has 3 nitrogen and oxygen atoms in total. The van der Waals surface area contributed by atoms with Crippen LogP contribution in [0.1, 0.15) is 30.9 Å². The summed E-state index contributed by atoms with van der Waals surface area (Å²) in [7, 11) is 0. The van der Waals surface area contributed by atoms with E-state index in [4.69, 9.17) is 5.26 Å². The molecule has 0 bridgehead atoms. The molecule has 1 unspecified atom stereocenters. The zero-order valence-corrected chi connectivity index (χ0v) is 11.0. The van der Waals surface area contributed by atoms with Gasteiger partial charge in [-0.15, -0.1) is 0 Å². The number of halogens is 1. The van der Waals surface area contributed by atoms with Crippen LogP contribution in [0.25, 0.3) is 0 Å². The maximum absolute atomic E-state index is 13.3. The van der Waals surface area contributed by atoms with Crippen LogP contribution in [0.3, 0.4) is 0 Å². The highest BCUT2D eigenvalue weighted by Gasteiger charge is 2.26. The number of ketones is 1. The Labute approximate surface area is 112 Å². The largest absolute Gasteiger partial charge is 0.299 e. The van der Waals surface area contributed by atoms with Crippen LogP contribution in [0.5, 0.6) is 0 Å². The van der Waals surface area contributed by atoms with Crippen LogP contribution in [0, 0.1) is 23.1 Å². The standard InChI is InChI=1S/C15H17FN2O/c1-2-11-9-18(6-5-15(11)19)10-13-7-14(16)4-3-12(13)8-17/h3-4,7,11H,2,5-6,9-10H2,1H3. The third-order valence-electron chi connectivity index (χ3n) is 3.68. The van der Waals surface area contributed by atoms with Crippen molar-refractivity contribution < 1.29 is 9.18 Å². The Morgan fingerprint density at radius 1 is 1.53 bits per heavy atom. The molecule has 2 rings (SSSR count). The van der Waals surface area contributed by atoms with Crippen LogP contribution in [0.15, 0.2) is 18.2 Å². The van der Waals surface area contributed by atoms with Crippen molar-refractivity contribution in [3.63, 3.8) is 0 Å². The van der Waals surface area contributed by atoms with E-state index in [2.05, 4.69) is 11.0 Å². The normalized spacial score (nSPS) is 20.3. The monoisotopic (exact) mass is 260 g/mol. The molecule has 1 aromatic rings. The topological polar surface area (TPSA) is 44.1 Å². The lowest BCUT2D eigenvalue weighted by Gasteiger charge is -2.31. The highest BCUT2D eigenvalue weighted by molar-refractivity contribution is 5.82. The van der Waals surface area contributed by atoms with E-state index < -0.39 is 0 Å². The summed E-state index contributed by atoms with van der Waals surface area (Å²) >= 11 is 0. The molecule has 0 spiro atoms. The van der Waals surface area contributed by atoms with Gasteiger partial charge in [0.05, 0.1) is 11.6 Å². The Balaban J connectivity index is 2.11. The maximum atomic E-state index is 13.3. The number of nitriles is 1. The summed E-state index contributed by atoms with van der Waals surface area (Å²) in [6.45, 7) is 3.94. The molecule has 0 saturated carbocycles. The van der Waals surface area contributed by atoms with Gasteiger partial charge in [0.15, 0.2) is 0 Å². The van der Waals surface area contributed by atoms with Crippen LogP contribution in [0.2, 0.25) is 0 Å². The number of Topliss-reactive ketones (excluding diaryl/α,β-unsaturated/α-hetero) is 1. The van der Waals surface area contributed by atoms with Crippen LogP contribution in [-0.4, -0.2) is 23.8 Å². The molecule has 1 fully saturated rings. The van der Waals surface area contributed by atoms with E-state index >= 15 is 0 Å². The average molecular weight is 260 g/mol. The lowest BCUT2D eigenvalue weighted by Crippen LogP contribution is -2.40. The van der Waals surface area contributed by atoms with Gasteiger partial charge < -0.3 is 0 Å². The lowest BCUT2D eigenvalue weighted by atomic mass is 9.93. The quantitative estimate of drug-likeness (QED) is 0.838. The van der Waals surface area contributed by atoms with E-state index in [1.54, 1.807) is 0 Å². The molecule has 1 aromatic carbocycles. The van der Waals surface area contributed by atoms with Crippen LogP contribution in [-0.2, 0) is 11.3 Å². The van der Waals surface area contributed by atoms with E-state index in [9.17, 15) is 9.18 Å². The van der Waals surface area contributed by atoms with Crippen molar-refractivity contribution in [1.29, 1.82) is 5.26 Å². The Morgan fingerprint density at radius 2 is 2.32 bits per heavy atom. The third kappa shape index (κ3) is 3.18. The first-order valence-corrected chi connectivity index (χ1v) is 6.57. The number of hydrogen-bond donors (Lipinski definition) is 0. The van der Waals surface area contributed by atoms with Gasteiger partial charge in [0.1, 0.15) is 11.6 Å². The number of benzene rings is 1. The van der Waals surface area contributed by atoms with Crippen LogP contribution < -0.4 is 0 Å². The minimum Gasteiger partial charge on any atom is -0.299 e. The van der Waals surface area contributed by atoms with Gasteiger partial charge in [0, 0.05) is 32.0 Å². The number of nitrogens with zero attached hydrogens (tertiary/aromatic N) is 2. The van der Waals surface area contributed by atoms with Crippen LogP contribution >= 0.6 is 0 Å². The summed E-state index contributed by atoms with van der Waals surface area (Å²) in [4.78, 5) is 13.8. The number of carbonyl (C=O) groups is 1.